The van der Waals surface area contributed by atoms with E-state index in [-0.39, 0.29) is 0 Å². The number of hydrogen-bond donors (Lipinski definition) is 1. The molecular formula is C13H16N4O. The Balaban J connectivity index is 2.13. The van der Waals surface area contributed by atoms with Crippen LogP contribution in [0.1, 0.15) is 5.56 Å². The smallest absolute Gasteiger partial charge is 0.233 e. The second kappa shape index (κ2) is 5.35. The largest absolute Gasteiger partial charge is 0.480 e. The molecule has 0 bridgehead atoms. The molecule has 1 aromatic heterocycles. The van der Waals surface area contributed by atoms with Crippen LogP contribution in [0, 0.1) is 0 Å². The van der Waals surface area contributed by atoms with E-state index in [9.17, 15) is 0 Å². The molecule has 1 heterocycles. The molecule has 0 saturated heterocycles. The van der Waals surface area contributed by atoms with Crippen molar-refractivity contribution in [3.8, 4) is 5.88 Å². The molecule has 2 aromatic rings. The minimum Gasteiger partial charge on any atom is -0.480 e. The second-order valence-corrected chi connectivity index (χ2v) is 4.02. The van der Waals surface area contributed by atoms with Gasteiger partial charge in [0, 0.05) is 19.3 Å². The molecule has 0 fully saturated rings. The van der Waals surface area contributed by atoms with Crippen molar-refractivity contribution >= 4 is 11.5 Å². The van der Waals surface area contributed by atoms with E-state index in [0.717, 1.165) is 17.1 Å². The van der Waals surface area contributed by atoms with Crippen molar-refractivity contribution in [2.24, 2.45) is 0 Å². The van der Waals surface area contributed by atoms with Crippen molar-refractivity contribution in [1.29, 1.82) is 0 Å². The predicted octanol–water partition coefficient (Wildman–Crippen LogP) is 1.70. The Hall–Kier alpha value is -2.30. The van der Waals surface area contributed by atoms with Crippen LogP contribution < -0.4 is 15.4 Å². The molecule has 18 heavy (non-hydrogen) atoms. The van der Waals surface area contributed by atoms with Crippen molar-refractivity contribution < 1.29 is 4.74 Å². The maximum atomic E-state index is 5.75. The maximum Gasteiger partial charge on any atom is 0.233 e. The SMILES string of the molecule is COc1cncc(N(C)Cc2cccc(N)c2)n1. The average Bonchev–Trinajstić information content (AvgIpc) is 2.39. The Morgan fingerprint density at radius 1 is 1.33 bits per heavy atom. The Kier molecular flexibility index (Phi) is 3.62. The van der Waals surface area contributed by atoms with Gasteiger partial charge in [0.05, 0.1) is 19.5 Å². The molecule has 5 nitrogen and oxygen atoms in total. The highest BCUT2D eigenvalue weighted by Crippen LogP contribution is 2.16. The van der Waals surface area contributed by atoms with E-state index >= 15 is 0 Å². The second-order valence-electron chi connectivity index (χ2n) is 4.02. The fraction of sp³-hybridized carbons (Fsp3) is 0.231. The third kappa shape index (κ3) is 2.88. The summed E-state index contributed by atoms with van der Waals surface area (Å²) in [5.74, 6) is 1.27. The number of benzene rings is 1. The Morgan fingerprint density at radius 3 is 2.89 bits per heavy atom. The van der Waals surface area contributed by atoms with Gasteiger partial charge in [0.2, 0.25) is 5.88 Å². The lowest BCUT2D eigenvalue weighted by Crippen LogP contribution is -2.18. The number of hydrogen-bond acceptors (Lipinski definition) is 5. The summed E-state index contributed by atoms with van der Waals surface area (Å²) in [5, 5.41) is 0. The standard InChI is InChI=1S/C13H16N4O/c1-17(9-10-4-3-5-11(14)6-10)12-7-15-8-13(16-12)18-2/h3-8H,9,14H2,1-2H3. The zero-order valence-electron chi connectivity index (χ0n) is 10.5. The summed E-state index contributed by atoms with van der Waals surface area (Å²) >= 11 is 0. The Morgan fingerprint density at radius 2 is 2.17 bits per heavy atom. The van der Waals surface area contributed by atoms with Crippen molar-refractivity contribution in [3.63, 3.8) is 0 Å². The molecule has 0 spiro atoms. The van der Waals surface area contributed by atoms with Gasteiger partial charge in [-0.3, -0.25) is 4.98 Å². The van der Waals surface area contributed by atoms with Crippen molar-refractivity contribution in [1.82, 2.24) is 9.97 Å². The van der Waals surface area contributed by atoms with Crippen molar-refractivity contribution in [2.45, 2.75) is 6.54 Å². The number of anilines is 2. The van der Waals surface area contributed by atoms with E-state index in [1.54, 1.807) is 19.5 Å². The number of aromatic nitrogens is 2. The highest BCUT2D eigenvalue weighted by atomic mass is 16.5. The lowest BCUT2D eigenvalue weighted by atomic mass is 10.2. The molecule has 0 aliphatic carbocycles. The van der Waals surface area contributed by atoms with E-state index in [1.807, 2.05) is 36.2 Å². The quantitative estimate of drug-likeness (QED) is 0.829. The van der Waals surface area contributed by atoms with E-state index in [2.05, 4.69) is 9.97 Å². The normalized spacial score (nSPS) is 10.1. The predicted molar refractivity (Wildman–Crippen MR) is 71.5 cm³/mol. The first kappa shape index (κ1) is 12.2. The molecular weight excluding hydrogens is 228 g/mol. The molecule has 2 rings (SSSR count). The van der Waals surface area contributed by atoms with Crippen LogP contribution in [0.5, 0.6) is 5.88 Å². The van der Waals surface area contributed by atoms with Crippen molar-refractivity contribution in [2.75, 3.05) is 24.8 Å². The first-order valence-corrected chi connectivity index (χ1v) is 5.60. The number of methoxy groups -OCH3 is 1. The van der Waals surface area contributed by atoms with Gasteiger partial charge in [0.25, 0.3) is 0 Å². The Bertz CT molecular complexity index is 530. The molecule has 1 aromatic carbocycles. The summed E-state index contributed by atoms with van der Waals surface area (Å²) in [6.45, 7) is 0.715. The molecule has 0 aliphatic rings. The zero-order valence-corrected chi connectivity index (χ0v) is 10.5. The minimum absolute atomic E-state index is 0.506. The van der Waals surface area contributed by atoms with Crippen LogP contribution in [0.4, 0.5) is 11.5 Å². The van der Waals surface area contributed by atoms with Gasteiger partial charge in [0.15, 0.2) is 5.82 Å². The fourth-order valence-electron chi connectivity index (χ4n) is 1.67. The van der Waals surface area contributed by atoms with Crippen LogP contribution in [-0.2, 0) is 6.54 Å². The topological polar surface area (TPSA) is 64.3 Å². The van der Waals surface area contributed by atoms with Gasteiger partial charge in [-0.25, -0.2) is 0 Å². The molecule has 5 heteroatoms. The van der Waals surface area contributed by atoms with E-state index in [4.69, 9.17) is 10.5 Å². The summed E-state index contributed by atoms with van der Waals surface area (Å²) in [6.07, 6.45) is 3.28. The molecule has 0 radical (unpaired) electrons. The fourth-order valence-corrected chi connectivity index (χ4v) is 1.67. The zero-order chi connectivity index (χ0) is 13.0. The number of nitrogens with zero attached hydrogens (tertiary/aromatic N) is 3. The van der Waals surface area contributed by atoms with Gasteiger partial charge in [-0.1, -0.05) is 12.1 Å². The highest BCUT2D eigenvalue weighted by Gasteiger charge is 2.05. The van der Waals surface area contributed by atoms with Crippen LogP contribution in [0.2, 0.25) is 0 Å². The van der Waals surface area contributed by atoms with Gasteiger partial charge >= 0.3 is 0 Å². The third-order valence-corrected chi connectivity index (χ3v) is 2.57. The van der Waals surface area contributed by atoms with Crippen LogP contribution in [-0.4, -0.2) is 24.1 Å². The summed E-state index contributed by atoms with van der Waals surface area (Å²) < 4.78 is 5.05. The molecule has 0 amide bonds. The van der Waals surface area contributed by atoms with Crippen LogP contribution in [0.3, 0.4) is 0 Å². The number of rotatable bonds is 4. The van der Waals surface area contributed by atoms with Crippen molar-refractivity contribution in [3.05, 3.63) is 42.2 Å². The lowest BCUT2D eigenvalue weighted by molar-refractivity contribution is 0.395. The van der Waals surface area contributed by atoms with Gasteiger partial charge in [-0.05, 0) is 17.7 Å². The summed E-state index contributed by atoms with van der Waals surface area (Å²) in [4.78, 5) is 10.4. The molecule has 2 N–H and O–H groups in total. The van der Waals surface area contributed by atoms with Crippen LogP contribution >= 0.6 is 0 Å². The molecule has 0 saturated carbocycles. The first-order chi connectivity index (χ1) is 8.69. The van der Waals surface area contributed by atoms with Gasteiger partial charge < -0.3 is 15.4 Å². The van der Waals surface area contributed by atoms with Crippen LogP contribution in [0.25, 0.3) is 0 Å². The number of nitrogens with two attached hydrogens (primary N) is 1. The third-order valence-electron chi connectivity index (χ3n) is 2.57. The van der Waals surface area contributed by atoms with Gasteiger partial charge in [-0.2, -0.15) is 4.98 Å². The van der Waals surface area contributed by atoms with Crippen LogP contribution in [0.15, 0.2) is 36.7 Å². The monoisotopic (exact) mass is 244 g/mol. The lowest BCUT2D eigenvalue weighted by Gasteiger charge is -2.18. The van der Waals surface area contributed by atoms with E-state index in [1.165, 1.54) is 0 Å². The molecule has 0 aliphatic heterocycles. The Labute approximate surface area is 106 Å². The highest BCUT2D eigenvalue weighted by molar-refractivity contribution is 5.43. The summed E-state index contributed by atoms with van der Waals surface area (Å²) in [6, 6.07) is 7.79. The first-order valence-electron chi connectivity index (χ1n) is 5.60. The summed E-state index contributed by atoms with van der Waals surface area (Å²) in [7, 11) is 3.53. The average molecular weight is 244 g/mol. The van der Waals surface area contributed by atoms with E-state index < -0.39 is 0 Å². The van der Waals surface area contributed by atoms with Gasteiger partial charge in [0.1, 0.15) is 0 Å². The number of nitrogen functional groups attached to an aromatic ring is 1. The molecule has 0 atom stereocenters. The van der Waals surface area contributed by atoms with Gasteiger partial charge in [-0.15, -0.1) is 0 Å². The number of ether oxygens (including phenoxy) is 1. The molecule has 0 unspecified atom stereocenters. The molecule has 94 valence electrons. The minimum atomic E-state index is 0.506. The van der Waals surface area contributed by atoms with E-state index in [0.29, 0.717) is 12.4 Å². The summed E-state index contributed by atoms with van der Waals surface area (Å²) in [5.41, 5.74) is 7.64. The maximum absolute atomic E-state index is 5.75.